The molecule has 0 aromatic heterocycles. The molecule has 1 unspecified atom stereocenters. The Labute approximate surface area is 167 Å². The number of unbranched alkanes of at least 4 members (excludes halogenated alkanes) is 1. The molecule has 27 heavy (non-hydrogen) atoms. The molecule has 1 aliphatic heterocycles. The molecule has 1 saturated heterocycles. The van der Waals surface area contributed by atoms with Crippen LogP contribution in [0.3, 0.4) is 0 Å². The molecule has 8 heteroatoms. The lowest BCUT2D eigenvalue weighted by molar-refractivity contribution is -0.158. The lowest BCUT2D eigenvalue weighted by Gasteiger charge is -2.22. The molecule has 0 saturated carbocycles. The van der Waals surface area contributed by atoms with Crippen molar-refractivity contribution in [3.8, 4) is 12.3 Å². The number of hydrogen-bond donors (Lipinski definition) is 2. The standard InChI is InChI=1S/C14H20BNO6.C4H10.CH4/c1-3-7-20-13-12(9(8-17)21-14(13)15)22-11(19)6-5-10(18)16-4-2;1-3-4-2;/h1,9,12-14,17H,4-8H2,2H3,(H,16,18);3-4H2,1-2H3;1H4/t9-,12?,13+,14-;;/m1../s1/i17D;;1T. The van der Waals surface area contributed by atoms with Gasteiger partial charge in [0.25, 0.3) is 0 Å². The van der Waals surface area contributed by atoms with Gasteiger partial charge in [0.1, 0.15) is 26.7 Å². The Hall–Kier alpha value is -1.56. The second-order valence-electron chi connectivity index (χ2n) is 5.69. The number of carbonyl (C=O) groups is 2. The maximum atomic E-state index is 11.9. The summed E-state index contributed by atoms with van der Waals surface area (Å²) in [5.74, 6) is 1.46. The monoisotopic (exact) mass is 386 g/mol. The highest BCUT2D eigenvalue weighted by Crippen LogP contribution is 2.25. The first-order chi connectivity index (χ1) is 13.9. The average Bonchev–Trinajstić information content (AvgIpc) is 3.01. The summed E-state index contributed by atoms with van der Waals surface area (Å²) in [6.45, 7) is 6.47. The number of hydrogen-bond acceptors (Lipinski definition) is 6. The summed E-state index contributed by atoms with van der Waals surface area (Å²) in [5.41, 5.74) is 0. The minimum Gasteiger partial charge on any atom is -0.457 e. The van der Waals surface area contributed by atoms with E-state index in [1.165, 1.54) is 20.2 Å². The van der Waals surface area contributed by atoms with E-state index in [-0.39, 0.29) is 32.0 Å². The van der Waals surface area contributed by atoms with Gasteiger partial charge in [0.2, 0.25) is 7.34 Å². The Morgan fingerprint density at radius 2 is 2.04 bits per heavy atom. The fourth-order valence-corrected chi connectivity index (χ4v) is 2.08. The van der Waals surface area contributed by atoms with Crippen LogP contribution in [0.15, 0.2) is 0 Å². The third kappa shape index (κ3) is 11.0. The van der Waals surface area contributed by atoms with Crippen molar-refractivity contribution >= 4 is 19.7 Å². The number of esters is 1. The van der Waals surface area contributed by atoms with Crippen molar-refractivity contribution in [2.24, 2.45) is 0 Å². The Bertz CT molecular complexity index is 476. The van der Waals surface area contributed by atoms with Crippen molar-refractivity contribution in [3.63, 3.8) is 0 Å². The number of rotatable bonds is 10. The molecule has 2 radical (unpaired) electrons. The number of ether oxygens (including phenoxy) is 3. The number of aliphatic hydroxyl groups excluding tert-OH is 1. The fraction of sp³-hybridized carbons (Fsp3) is 0.789. The maximum Gasteiger partial charge on any atom is 0.306 e. The van der Waals surface area contributed by atoms with Gasteiger partial charge < -0.3 is 24.6 Å². The molecule has 1 aliphatic rings. The third-order valence-electron chi connectivity index (χ3n) is 3.57. The molecule has 1 fully saturated rings. The number of nitrogens with one attached hydrogen (secondary N) is 1. The highest BCUT2D eigenvalue weighted by atomic mass is 16.6. The van der Waals surface area contributed by atoms with E-state index in [0.717, 1.165) is 0 Å². The predicted octanol–water partition coefficient (Wildman–Crippen LogP) is 1.16. The van der Waals surface area contributed by atoms with Crippen LogP contribution in [-0.4, -0.2) is 70.3 Å². The average molecular weight is 386 g/mol. The first-order valence-corrected chi connectivity index (χ1v) is 8.95. The molecule has 1 heterocycles. The largest absolute Gasteiger partial charge is 0.457 e. The maximum absolute atomic E-state index is 11.9. The van der Waals surface area contributed by atoms with Crippen molar-refractivity contribution in [2.75, 3.05) is 19.8 Å². The Morgan fingerprint density at radius 1 is 1.37 bits per heavy atom. The first kappa shape index (κ1) is 23.5. The van der Waals surface area contributed by atoms with E-state index >= 15 is 0 Å². The zero-order chi connectivity index (χ0) is 22.7. The SMILES string of the molecule is CCCC.[2H]OC[C@H]1O[C@@H]([B])[C@@H](OCC#C)C1OC(=O)CCC(=O)NCC.[3H]C. The van der Waals surface area contributed by atoms with E-state index in [2.05, 4.69) is 30.2 Å². The summed E-state index contributed by atoms with van der Waals surface area (Å²) in [6.07, 6.45) is 5.35. The Balaban J connectivity index is 0. The van der Waals surface area contributed by atoms with Gasteiger partial charge in [-0.25, -0.2) is 0 Å². The van der Waals surface area contributed by atoms with Crippen LogP contribution in [0.2, 0.25) is 0 Å². The van der Waals surface area contributed by atoms with Crippen LogP contribution >= 0.6 is 0 Å². The normalized spacial score (nSPS) is 24.0. The molecule has 0 aromatic rings. The van der Waals surface area contributed by atoms with Crippen LogP contribution in [0.1, 0.15) is 55.2 Å². The quantitative estimate of drug-likeness (QED) is 0.333. The summed E-state index contributed by atoms with van der Waals surface area (Å²) in [7, 11) is 7.03. The molecule has 1 rings (SSSR count). The number of carbonyl (C=O) groups excluding carboxylic acids is 2. The van der Waals surface area contributed by atoms with Crippen molar-refractivity contribution < 1.29 is 30.3 Å². The predicted molar refractivity (Wildman–Crippen MR) is 105 cm³/mol. The van der Waals surface area contributed by atoms with E-state index in [1.807, 2.05) is 0 Å². The molecule has 2 N–H and O–H groups in total. The zero-order valence-corrected chi connectivity index (χ0v) is 16.9. The number of amides is 1. The lowest BCUT2D eigenvalue weighted by Crippen LogP contribution is -2.40. The molecule has 7 nitrogen and oxygen atoms in total. The van der Waals surface area contributed by atoms with E-state index in [0.29, 0.717) is 6.54 Å². The minimum atomic E-state index is -0.857. The van der Waals surface area contributed by atoms with Crippen LogP contribution in [0, 0.1) is 12.3 Å². The topological polar surface area (TPSA) is 94.1 Å². The van der Waals surface area contributed by atoms with Crippen LogP contribution in [0.4, 0.5) is 0 Å². The smallest absolute Gasteiger partial charge is 0.306 e. The van der Waals surface area contributed by atoms with E-state index in [9.17, 15) is 9.59 Å². The van der Waals surface area contributed by atoms with Gasteiger partial charge in [0.05, 0.1) is 13.0 Å². The third-order valence-corrected chi connectivity index (χ3v) is 3.57. The lowest BCUT2D eigenvalue weighted by atomic mass is 9.92. The molecule has 0 spiro atoms. The Kier molecular flexibility index (Phi) is 14.4. The van der Waals surface area contributed by atoms with Gasteiger partial charge >= 0.3 is 5.97 Å². The van der Waals surface area contributed by atoms with Crippen molar-refractivity contribution in [2.45, 2.75) is 78.2 Å². The van der Waals surface area contributed by atoms with Crippen LogP contribution in [0.5, 0.6) is 0 Å². The molecule has 0 aliphatic carbocycles. The van der Waals surface area contributed by atoms with Gasteiger partial charge in [-0.15, -0.1) is 6.42 Å². The summed E-state index contributed by atoms with van der Waals surface area (Å²) in [5, 5.41) is 6.87. The van der Waals surface area contributed by atoms with Gasteiger partial charge in [-0.3, -0.25) is 9.59 Å². The van der Waals surface area contributed by atoms with Gasteiger partial charge in [-0.05, 0) is 6.92 Å². The highest BCUT2D eigenvalue weighted by molar-refractivity contribution is 6.11. The summed E-state index contributed by atoms with van der Waals surface area (Å²) >= 11 is 0. The van der Waals surface area contributed by atoms with E-state index in [4.69, 9.17) is 31.3 Å². The van der Waals surface area contributed by atoms with Gasteiger partial charge in [-0.2, -0.15) is 0 Å². The van der Waals surface area contributed by atoms with Crippen molar-refractivity contribution in [1.82, 2.24) is 5.32 Å². The van der Waals surface area contributed by atoms with Gasteiger partial charge in [0.15, 0.2) is 6.10 Å². The molecule has 154 valence electrons. The molecule has 0 bridgehead atoms. The first-order valence-electron chi connectivity index (χ1n) is 10.4. The van der Waals surface area contributed by atoms with Gasteiger partial charge in [0, 0.05) is 20.3 Å². The molecular formula is C19H34BNO6. The van der Waals surface area contributed by atoms with Crippen molar-refractivity contribution in [3.05, 3.63) is 0 Å². The van der Waals surface area contributed by atoms with Crippen molar-refractivity contribution in [1.29, 1.82) is 1.43 Å². The van der Waals surface area contributed by atoms with E-state index in [1.54, 1.807) is 6.92 Å². The second-order valence-corrected chi connectivity index (χ2v) is 5.69. The van der Waals surface area contributed by atoms with Crippen LogP contribution < -0.4 is 5.32 Å². The molecule has 1 amide bonds. The fourth-order valence-electron chi connectivity index (χ4n) is 2.08. The minimum absolute atomic E-state index is 0.0157. The summed E-state index contributed by atoms with van der Waals surface area (Å²) < 4.78 is 28.6. The number of aliphatic hydroxyl groups is 1. The van der Waals surface area contributed by atoms with E-state index < -0.39 is 30.3 Å². The summed E-state index contributed by atoms with van der Waals surface area (Å²) in [4.78, 5) is 23.3. The van der Waals surface area contributed by atoms with Gasteiger partial charge in [-0.1, -0.05) is 40.0 Å². The molecular weight excluding hydrogens is 349 g/mol. The highest BCUT2D eigenvalue weighted by Gasteiger charge is 2.45. The van der Waals surface area contributed by atoms with Crippen LogP contribution in [0.25, 0.3) is 0 Å². The zero-order valence-electron chi connectivity index (χ0n) is 18.9. The Morgan fingerprint density at radius 3 is 2.56 bits per heavy atom. The number of terminal acetylenes is 1. The van der Waals surface area contributed by atoms with Crippen LogP contribution in [-0.2, 0) is 23.8 Å². The molecule has 0 aromatic carbocycles. The second kappa shape index (κ2) is 16.6. The summed E-state index contributed by atoms with van der Waals surface area (Å²) in [6, 6.07) is -0.857. The molecule has 4 atom stereocenters.